The van der Waals surface area contributed by atoms with E-state index in [1.807, 2.05) is 60.7 Å². The zero-order valence-corrected chi connectivity index (χ0v) is 17.8. The van der Waals surface area contributed by atoms with Gasteiger partial charge in [-0.2, -0.15) is 0 Å². The molecule has 3 amide bonds. The number of benzene rings is 2. The molecule has 0 radical (unpaired) electrons. The topological polar surface area (TPSA) is 96.4 Å². The second kappa shape index (κ2) is 9.00. The highest BCUT2D eigenvalue weighted by Crippen LogP contribution is 2.32. The van der Waals surface area contributed by atoms with E-state index in [1.165, 1.54) is 4.90 Å². The van der Waals surface area contributed by atoms with Crippen molar-refractivity contribution in [2.45, 2.75) is 31.6 Å². The number of ether oxygens (including phenoxy) is 2. The Morgan fingerprint density at radius 3 is 2.31 bits per heavy atom. The standard InChI is InChI=1S/C24H26N2O6/c1-17(21(27)26-20(14-32-23(26)29)12-18-8-4-2-5-9-18)24(30)15-25(16-24)22(28)31-13-19-10-6-3-7-11-19/h2-11,17,20,30H,12-16H2,1H3/t17-,20?/m1/s1. The van der Waals surface area contributed by atoms with Crippen molar-refractivity contribution in [3.8, 4) is 0 Å². The summed E-state index contributed by atoms with van der Waals surface area (Å²) in [6.07, 6.45) is -0.785. The smallest absolute Gasteiger partial charge is 0.416 e. The fourth-order valence-electron chi connectivity index (χ4n) is 4.03. The second-order valence-electron chi connectivity index (χ2n) is 8.35. The van der Waals surface area contributed by atoms with Gasteiger partial charge in [-0.05, 0) is 17.5 Å². The van der Waals surface area contributed by atoms with Crippen LogP contribution in [0.15, 0.2) is 60.7 Å². The molecule has 2 atom stereocenters. The van der Waals surface area contributed by atoms with E-state index in [2.05, 4.69) is 0 Å². The van der Waals surface area contributed by atoms with Crippen LogP contribution in [0, 0.1) is 5.92 Å². The van der Waals surface area contributed by atoms with Gasteiger partial charge in [0.2, 0.25) is 5.91 Å². The zero-order valence-electron chi connectivity index (χ0n) is 17.8. The highest BCUT2D eigenvalue weighted by molar-refractivity contribution is 5.95. The van der Waals surface area contributed by atoms with Crippen molar-refractivity contribution in [1.29, 1.82) is 0 Å². The molecular weight excluding hydrogens is 412 g/mol. The van der Waals surface area contributed by atoms with Gasteiger partial charge < -0.3 is 19.5 Å². The number of aliphatic hydroxyl groups is 1. The van der Waals surface area contributed by atoms with Crippen molar-refractivity contribution in [2.75, 3.05) is 19.7 Å². The van der Waals surface area contributed by atoms with Gasteiger partial charge in [-0.1, -0.05) is 67.6 Å². The minimum atomic E-state index is -1.43. The van der Waals surface area contributed by atoms with Gasteiger partial charge >= 0.3 is 12.2 Å². The molecule has 0 aliphatic carbocycles. The predicted octanol–water partition coefficient (Wildman–Crippen LogP) is 2.60. The van der Waals surface area contributed by atoms with Crippen molar-refractivity contribution in [2.24, 2.45) is 5.92 Å². The summed E-state index contributed by atoms with van der Waals surface area (Å²) in [5.41, 5.74) is 0.413. The maximum Gasteiger partial charge on any atom is 0.416 e. The second-order valence-corrected chi connectivity index (χ2v) is 8.35. The zero-order chi connectivity index (χ0) is 22.7. The largest absolute Gasteiger partial charge is 0.447 e. The van der Waals surface area contributed by atoms with E-state index in [1.54, 1.807) is 6.92 Å². The van der Waals surface area contributed by atoms with Crippen LogP contribution < -0.4 is 0 Å². The number of imide groups is 1. The van der Waals surface area contributed by atoms with Crippen molar-refractivity contribution in [3.63, 3.8) is 0 Å². The minimum absolute atomic E-state index is 0.0419. The Morgan fingerprint density at radius 1 is 1.09 bits per heavy atom. The fraction of sp³-hybridized carbons (Fsp3) is 0.375. The lowest BCUT2D eigenvalue weighted by molar-refractivity contribution is -0.158. The molecule has 2 aromatic rings. The Bertz CT molecular complexity index is 974. The maximum absolute atomic E-state index is 13.1. The lowest BCUT2D eigenvalue weighted by Gasteiger charge is -2.48. The SMILES string of the molecule is C[C@H](C(=O)N1C(=O)OCC1Cc1ccccc1)C1(O)CN(C(=O)OCc2ccccc2)C1. The Hall–Kier alpha value is -3.39. The van der Waals surface area contributed by atoms with Crippen molar-refractivity contribution < 1.29 is 29.0 Å². The predicted molar refractivity (Wildman–Crippen MR) is 114 cm³/mol. The maximum atomic E-state index is 13.1. The number of nitrogens with zero attached hydrogens (tertiary/aromatic N) is 2. The first kappa shape index (κ1) is 21.8. The van der Waals surface area contributed by atoms with Gasteiger partial charge in [-0.3, -0.25) is 4.79 Å². The third kappa shape index (κ3) is 4.45. The molecule has 2 aliphatic heterocycles. The van der Waals surface area contributed by atoms with Crippen LogP contribution in [0.1, 0.15) is 18.1 Å². The Balaban J connectivity index is 1.34. The molecule has 0 aromatic heterocycles. The summed E-state index contributed by atoms with van der Waals surface area (Å²) in [6.45, 7) is 1.73. The van der Waals surface area contributed by atoms with Crippen molar-refractivity contribution in [1.82, 2.24) is 9.80 Å². The molecule has 1 N–H and O–H groups in total. The number of amides is 3. The minimum Gasteiger partial charge on any atom is -0.447 e. The molecule has 2 heterocycles. The number of cyclic esters (lactones) is 1. The first-order valence-electron chi connectivity index (χ1n) is 10.6. The average Bonchev–Trinajstić information content (AvgIpc) is 3.15. The Labute approximate surface area is 186 Å². The number of carbonyl (C=O) groups is 3. The van der Waals surface area contributed by atoms with E-state index in [-0.39, 0.29) is 26.3 Å². The average molecular weight is 438 g/mol. The molecular formula is C24H26N2O6. The van der Waals surface area contributed by atoms with Crippen LogP contribution in [0.2, 0.25) is 0 Å². The van der Waals surface area contributed by atoms with Crippen LogP contribution in [-0.2, 0) is 27.3 Å². The lowest BCUT2D eigenvalue weighted by atomic mass is 9.81. The summed E-state index contributed by atoms with van der Waals surface area (Å²) < 4.78 is 10.4. The quantitative estimate of drug-likeness (QED) is 0.745. The molecule has 8 nitrogen and oxygen atoms in total. The first-order chi connectivity index (χ1) is 15.4. The number of rotatable bonds is 6. The number of carbonyl (C=O) groups excluding carboxylic acids is 3. The van der Waals surface area contributed by atoms with Crippen LogP contribution in [0.3, 0.4) is 0 Å². The molecule has 2 aliphatic rings. The molecule has 0 bridgehead atoms. The van der Waals surface area contributed by atoms with Crippen LogP contribution >= 0.6 is 0 Å². The molecule has 4 rings (SSSR count). The van der Waals surface area contributed by atoms with E-state index >= 15 is 0 Å². The molecule has 0 spiro atoms. The third-order valence-corrected chi connectivity index (χ3v) is 6.08. The summed E-state index contributed by atoms with van der Waals surface area (Å²) >= 11 is 0. The summed E-state index contributed by atoms with van der Waals surface area (Å²) in [6, 6.07) is 18.4. The molecule has 2 saturated heterocycles. The molecule has 8 heteroatoms. The number of likely N-dealkylation sites (tertiary alicyclic amines) is 1. The van der Waals surface area contributed by atoms with Crippen LogP contribution in [0.4, 0.5) is 9.59 Å². The first-order valence-corrected chi connectivity index (χ1v) is 10.6. The van der Waals surface area contributed by atoms with E-state index in [0.29, 0.717) is 6.42 Å². The van der Waals surface area contributed by atoms with Gasteiger partial charge in [0, 0.05) is 0 Å². The van der Waals surface area contributed by atoms with Gasteiger partial charge in [-0.25, -0.2) is 14.5 Å². The molecule has 2 aromatic carbocycles. The third-order valence-electron chi connectivity index (χ3n) is 6.08. The van der Waals surface area contributed by atoms with Crippen LogP contribution in [0.5, 0.6) is 0 Å². The molecule has 168 valence electrons. The highest BCUT2D eigenvalue weighted by atomic mass is 16.6. The summed E-state index contributed by atoms with van der Waals surface area (Å²) in [7, 11) is 0. The number of hydrogen-bond acceptors (Lipinski definition) is 6. The van der Waals surface area contributed by atoms with Crippen LogP contribution in [-0.4, -0.2) is 64.3 Å². The lowest BCUT2D eigenvalue weighted by Crippen LogP contribution is -2.68. The van der Waals surface area contributed by atoms with E-state index in [0.717, 1.165) is 16.0 Å². The van der Waals surface area contributed by atoms with Crippen molar-refractivity contribution >= 4 is 18.1 Å². The Morgan fingerprint density at radius 2 is 1.69 bits per heavy atom. The van der Waals surface area contributed by atoms with Gasteiger partial charge in [-0.15, -0.1) is 0 Å². The van der Waals surface area contributed by atoms with Gasteiger partial charge in [0.05, 0.1) is 25.0 Å². The van der Waals surface area contributed by atoms with Gasteiger partial charge in [0.1, 0.15) is 18.8 Å². The van der Waals surface area contributed by atoms with E-state index in [4.69, 9.17) is 9.47 Å². The van der Waals surface area contributed by atoms with Crippen LogP contribution in [0.25, 0.3) is 0 Å². The summed E-state index contributed by atoms with van der Waals surface area (Å²) in [5.74, 6) is -1.39. The van der Waals surface area contributed by atoms with E-state index < -0.39 is 35.7 Å². The molecule has 1 unspecified atom stereocenters. The van der Waals surface area contributed by atoms with Gasteiger partial charge in [0.25, 0.3) is 0 Å². The molecule has 0 saturated carbocycles. The molecule has 32 heavy (non-hydrogen) atoms. The van der Waals surface area contributed by atoms with E-state index in [9.17, 15) is 19.5 Å². The normalized spacial score (nSPS) is 20.3. The van der Waals surface area contributed by atoms with Crippen molar-refractivity contribution in [3.05, 3.63) is 71.8 Å². The summed E-state index contributed by atoms with van der Waals surface area (Å²) in [4.78, 5) is 40.1. The summed E-state index contributed by atoms with van der Waals surface area (Å²) in [5, 5.41) is 10.9. The Kier molecular flexibility index (Phi) is 6.14. The fourth-order valence-corrected chi connectivity index (χ4v) is 4.03. The molecule has 2 fully saturated rings. The number of hydrogen-bond donors (Lipinski definition) is 1. The monoisotopic (exact) mass is 438 g/mol. The number of β-amino-alcohol motifs (C(OH)–C–C–N with tert-alkyl or cyclic N) is 1. The van der Waals surface area contributed by atoms with Gasteiger partial charge in [0.15, 0.2) is 0 Å². The highest BCUT2D eigenvalue weighted by Gasteiger charge is 2.53.